The van der Waals surface area contributed by atoms with Gasteiger partial charge in [-0.25, -0.2) is 4.79 Å². The highest BCUT2D eigenvalue weighted by molar-refractivity contribution is 7.99. The van der Waals surface area contributed by atoms with E-state index < -0.39 is 23.8 Å². The number of hydrogen-bond donors (Lipinski definition) is 0. The topological polar surface area (TPSA) is 61.8 Å². The van der Waals surface area contributed by atoms with Gasteiger partial charge in [0, 0.05) is 5.75 Å². The predicted octanol–water partition coefficient (Wildman–Crippen LogP) is 3.26. The first-order chi connectivity index (χ1) is 10.5. The highest BCUT2D eigenvalue weighted by Crippen LogP contribution is 2.45. The molecule has 0 aromatic rings. The summed E-state index contributed by atoms with van der Waals surface area (Å²) >= 11 is 1.67. The van der Waals surface area contributed by atoms with Crippen molar-refractivity contribution >= 4 is 23.7 Å². The van der Waals surface area contributed by atoms with E-state index in [0.29, 0.717) is 12.4 Å². The maximum atomic E-state index is 12.7. The van der Waals surface area contributed by atoms with Gasteiger partial charge < -0.3 is 14.2 Å². The molecule has 0 aromatic carbocycles. The Kier molecular flexibility index (Phi) is 6.95. The van der Waals surface area contributed by atoms with Crippen molar-refractivity contribution in [2.45, 2.75) is 60.9 Å². The first-order valence-corrected chi connectivity index (χ1v) is 9.26. The molecule has 0 spiro atoms. The Morgan fingerprint density at radius 2 is 1.78 bits per heavy atom. The maximum Gasteiger partial charge on any atom is 0.349 e. The molecular formula is C17H30O5S. The first kappa shape index (κ1) is 20.3. The summed E-state index contributed by atoms with van der Waals surface area (Å²) in [6.45, 7) is 14.0. The Hall–Kier alpha value is -0.750. The Morgan fingerprint density at radius 1 is 1.17 bits per heavy atom. The van der Waals surface area contributed by atoms with Crippen LogP contribution in [0.5, 0.6) is 0 Å². The van der Waals surface area contributed by atoms with Crippen molar-refractivity contribution in [2.75, 3.05) is 18.1 Å². The van der Waals surface area contributed by atoms with Crippen LogP contribution in [0, 0.1) is 16.7 Å². The molecule has 6 heteroatoms. The predicted molar refractivity (Wildman–Crippen MR) is 91.1 cm³/mol. The molecule has 0 aromatic heterocycles. The molecule has 0 bridgehead atoms. The van der Waals surface area contributed by atoms with E-state index in [2.05, 4.69) is 0 Å². The standard InChI is InChI=1S/C17H30O5S/c1-11(2)17(7,16(4,5)6)15(19)21-12(3)14(18)22-13-10-23-9-8-20-13/h11-13H,8-10H2,1-7H3. The molecule has 0 radical (unpaired) electrons. The molecule has 0 aliphatic carbocycles. The van der Waals surface area contributed by atoms with E-state index in [4.69, 9.17) is 14.2 Å². The summed E-state index contributed by atoms with van der Waals surface area (Å²) in [6.07, 6.45) is -1.50. The lowest BCUT2D eigenvalue weighted by Crippen LogP contribution is -2.47. The summed E-state index contributed by atoms with van der Waals surface area (Å²) in [5.41, 5.74) is -0.982. The second kappa shape index (κ2) is 7.88. The minimum Gasteiger partial charge on any atom is -0.450 e. The number of hydrogen-bond acceptors (Lipinski definition) is 6. The van der Waals surface area contributed by atoms with Crippen LogP contribution in [0.2, 0.25) is 0 Å². The molecule has 1 aliphatic rings. The Balaban J connectivity index is 2.68. The van der Waals surface area contributed by atoms with E-state index in [-0.39, 0.29) is 17.3 Å². The highest BCUT2D eigenvalue weighted by Gasteiger charge is 2.49. The monoisotopic (exact) mass is 346 g/mol. The fraction of sp³-hybridized carbons (Fsp3) is 0.882. The molecule has 1 saturated heterocycles. The van der Waals surface area contributed by atoms with Crippen molar-refractivity contribution in [3.8, 4) is 0 Å². The van der Waals surface area contributed by atoms with Gasteiger partial charge in [0.15, 0.2) is 6.10 Å². The van der Waals surface area contributed by atoms with Gasteiger partial charge in [-0.2, -0.15) is 11.8 Å². The number of carbonyl (C=O) groups excluding carboxylic acids is 2. The zero-order valence-electron chi connectivity index (χ0n) is 15.3. The fourth-order valence-electron chi connectivity index (χ4n) is 2.50. The molecule has 0 amide bonds. The number of thioether (sulfide) groups is 1. The molecule has 0 N–H and O–H groups in total. The third-order valence-electron chi connectivity index (χ3n) is 4.79. The van der Waals surface area contributed by atoms with Gasteiger partial charge in [0.25, 0.3) is 0 Å². The highest BCUT2D eigenvalue weighted by atomic mass is 32.2. The molecule has 1 fully saturated rings. The van der Waals surface area contributed by atoms with Gasteiger partial charge in [-0.1, -0.05) is 34.6 Å². The second-order valence-electron chi connectivity index (χ2n) is 7.47. The molecular weight excluding hydrogens is 316 g/mol. The van der Waals surface area contributed by atoms with Crippen molar-refractivity contribution in [3.05, 3.63) is 0 Å². The Bertz CT molecular complexity index is 423. The van der Waals surface area contributed by atoms with Gasteiger partial charge in [0.2, 0.25) is 6.29 Å². The normalized spacial score (nSPS) is 23.0. The van der Waals surface area contributed by atoms with E-state index in [1.165, 1.54) is 0 Å². The van der Waals surface area contributed by atoms with E-state index in [1.807, 2.05) is 41.5 Å². The summed E-state index contributed by atoms with van der Waals surface area (Å²) in [5.74, 6) is 0.653. The zero-order chi connectivity index (χ0) is 17.8. The van der Waals surface area contributed by atoms with Gasteiger partial charge >= 0.3 is 11.9 Å². The largest absolute Gasteiger partial charge is 0.450 e. The lowest BCUT2D eigenvalue weighted by molar-refractivity contribution is -0.194. The van der Waals surface area contributed by atoms with Crippen molar-refractivity contribution in [1.82, 2.24) is 0 Å². The van der Waals surface area contributed by atoms with Crippen LogP contribution < -0.4 is 0 Å². The van der Waals surface area contributed by atoms with Gasteiger partial charge in [-0.15, -0.1) is 0 Å². The van der Waals surface area contributed by atoms with Gasteiger partial charge in [0.05, 0.1) is 17.8 Å². The van der Waals surface area contributed by atoms with Crippen LogP contribution in [0.25, 0.3) is 0 Å². The van der Waals surface area contributed by atoms with Crippen LogP contribution in [-0.4, -0.2) is 42.4 Å². The molecule has 1 aliphatic heterocycles. The first-order valence-electron chi connectivity index (χ1n) is 8.11. The summed E-state index contributed by atoms with van der Waals surface area (Å²) in [7, 11) is 0. The molecule has 0 saturated carbocycles. The van der Waals surface area contributed by atoms with Crippen LogP contribution in [-0.2, 0) is 23.8 Å². The summed E-state index contributed by atoms with van der Waals surface area (Å²) in [4.78, 5) is 24.8. The quantitative estimate of drug-likeness (QED) is 0.712. The summed E-state index contributed by atoms with van der Waals surface area (Å²) in [6, 6.07) is 0. The van der Waals surface area contributed by atoms with E-state index in [0.717, 1.165) is 5.75 Å². The van der Waals surface area contributed by atoms with Gasteiger partial charge in [-0.05, 0) is 25.2 Å². The maximum absolute atomic E-state index is 12.7. The minimum atomic E-state index is -0.946. The Morgan fingerprint density at radius 3 is 2.22 bits per heavy atom. The van der Waals surface area contributed by atoms with Crippen LogP contribution in [0.4, 0.5) is 0 Å². The van der Waals surface area contributed by atoms with Crippen LogP contribution in [0.3, 0.4) is 0 Å². The van der Waals surface area contributed by atoms with Crippen molar-refractivity contribution in [3.63, 3.8) is 0 Å². The molecule has 23 heavy (non-hydrogen) atoms. The van der Waals surface area contributed by atoms with Crippen LogP contribution >= 0.6 is 11.8 Å². The number of carbonyl (C=O) groups is 2. The minimum absolute atomic E-state index is 0.0799. The van der Waals surface area contributed by atoms with Crippen LogP contribution in [0.1, 0.15) is 48.5 Å². The van der Waals surface area contributed by atoms with Crippen LogP contribution in [0.15, 0.2) is 0 Å². The Labute approximate surface area is 143 Å². The van der Waals surface area contributed by atoms with Crippen molar-refractivity contribution in [1.29, 1.82) is 0 Å². The summed E-state index contributed by atoms with van der Waals surface area (Å²) in [5, 5.41) is 0. The third-order valence-corrected chi connectivity index (χ3v) is 5.75. The van der Waals surface area contributed by atoms with Gasteiger partial charge in [0.1, 0.15) is 0 Å². The zero-order valence-corrected chi connectivity index (χ0v) is 16.1. The smallest absolute Gasteiger partial charge is 0.349 e. The number of ether oxygens (including phenoxy) is 3. The molecule has 134 valence electrons. The van der Waals surface area contributed by atoms with Crippen molar-refractivity contribution < 1.29 is 23.8 Å². The van der Waals surface area contributed by atoms with Crippen molar-refractivity contribution in [2.24, 2.45) is 16.7 Å². The SMILES string of the molecule is CC(OC(=O)C(C)(C(C)C)C(C)(C)C)C(=O)OC1CSCCO1. The average Bonchev–Trinajstić information content (AvgIpc) is 2.45. The molecule has 3 unspecified atom stereocenters. The number of rotatable bonds is 5. The van der Waals surface area contributed by atoms with E-state index in [9.17, 15) is 9.59 Å². The molecule has 5 nitrogen and oxygen atoms in total. The summed E-state index contributed by atoms with van der Waals surface area (Å²) < 4.78 is 16.0. The molecule has 3 atom stereocenters. The second-order valence-corrected chi connectivity index (χ2v) is 8.62. The van der Waals surface area contributed by atoms with E-state index in [1.54, 1.807) is 18.7 Å². The lowest BCUT2D eigenvalue weighted by Gasteiger charge is -2.43. The average molecular weight is 346 g/mol. The van der Waals surface area contributed by atoms with E-state index >= 15 is 0 Å². The third kappa shape index (κ3) is 4.86. The molecule has 1 rings (SSSR count). The lowest BCUT2D eigenvalue weighted by atomic mass is 9.62. The fourth-order valence-corrected chi connectivity index (χ4v) is 3.24. The number of esters is 2. The molecule has 1 heterocycles. The van der Waals surface area contributed by atoms with Gasteiger partial charge in [-0.3, -0.25) is 4.79 Å².